The van der Waals surface area contributed by atoms with Crippen molar-refractivity contribution in [3.05, 3.63) is 42.0 Å². The summed E-state index contributed by atoms with van der Waals surface area (Å²) in [5.74, 6) is 0.495. The largest absolute Gasteiger partial charge is 0.355 e. The molecule has 2 fully saturated rings. The van der Waals surface area contributed by atoms with Crippen LogP contribution in [-0.4, -0.2) is 60.2 Å². The first-order valence-corrected chi connectivity index (χ1v) is 9.58. The Morgan fingerprint density at radius 3 is 2.37 bits per heavy atom. The summed E-state index contributed by atoms with van der Waals surface area (Å²) in [5, 5.41) is 3.01. The minimum atomic E-state index is -0.0314. The lowest BCUT2D eigenvalue weighted by Crippen LogP contribution is -2.53. The Morgan fingerprint density at radius 1 is 1.07 bits per heavy atom. The summed E-state index contributed by atoms with van der Waals surface area (Å²) < 4.78 is 0. The number of piperidine rings is 1. The number of benzene rings is 1. The molecule has 0 bridgehead atoms. The maximum atomic E-state index is 12.3. The van der Waals surface area contributed by atoms with Gasteiger partial charge in [0.1, 0.15) is 0 Å². The smallest absolute Gasteiger partial charge is 0.246 e. The molecule has 0 spiro atoms. The molecule has 144 valence electrons. The monoisotopic (exact) mass is 369 g/mol. The Hall–Kier alpha value is -2.63. The van der Waals surface area contributed by atoms with Crippen molar-refractivity contribution in [2.24, 2.45) is 11.8 Å². The Bertz CT molecular complexity index is 703. The summed E-state index contributed by atoms with van der Waals surface area (Å²) in [6.07, 6.45) is 4.82. The van der Waals surface area contributed by atoms with Gasteiger partial charge in [0.2, 0.25) is 17.7 Å². The van der Waals surface area contributed by atoms with Gasteiger partial charge in [-0.15, -0.1) is 0 Å². The molecule has 2 aliphatic heterocycles. The predicted octanol–water partition coefficient (Wildman–Crippen LogP) is 1.53. The first-order valence-electron chi connectivity index (χ1n) is 9.58. The molecule has 2 heterocycles. The number of amides is 3. The first kappa shape index (κ1) is 19.1. The van der Waals surface area contributed by atoms with Gasteiger partial charge in [-0.2, -0.15) is 0 Å². The minimum absolute atomic E-state index is 0.00324. The number of carbonyl (C=O) groups is 3. The van der Waals surface area contributed by atoms with Gasteiger partial charge >= 0.3 is 0 Å². The zero-order valence-corrected chi connectivity index (χ0v) is 15.8. The fourth-order valence-electron chi connectivity index (χ4n) is 3.54. The standard InChI is InChI=1S/C21H27N3O3/c1-16(25)24-14-18(15-24)13-22-21(27)19-9-11-23(12-10-19)20(26)8-7-17-5-3-2-4-6-17/h2-8,18-19H,9-15H2,1H3,(H,22,27). The summed E-state index contributed by atoms with van der Waals surface area (Å²) in [7, 11) is 0. The van der Waals surface area contributed by atoms with Crippen molar-refractivity contribution in [1.29, 1.82) is 0 Å². The highest BCUT2D eigenvalue weighted by atomic mass is 16.2. The van der Waals surface area contributed by atoms with Gasteiger partial charge in [-0.25, -0.2) is 0 Å². The molecule has 1 aromatic rings. The molecule has 2 saturated heterocycles. The second-order valence-electron chi connectivity index (χ2n) is 7.38. The second kappa shape index (κ2) is 8.84. The average molecular weight is 369 g/mol. The van der Waals surface area contributed by atoms with Crippen LogP contribution in [0.15, 0.2) is 36.4 Å². The molecule has 1 N–H and O–H groups in total. The fourth-order valence-corrected chi connectivity index (χ4v) is 3.54. The van der Waals surface area contributed by atoms with Crippen molar-refractivity contribution < 1.29 is 14.4 Å². The van der Waals surface area contributed by atoms with Gasteiger partial charge in [-0.05, 0) is 24.5 Å². The van der Waals surface area contributed by atoms with Crippen LogP contribution in [0.25, 0.3) is 6.08 Å². The third kappa shape index (κ3) is 5.18. The molecule has 1 aromatic carbocycles. The van der Waals surface area contributed by atoms with Crippen LogP contribution in [0.2, 0.25) is 0 Å². The fraction of sp³-hybridized carbons (Fsp3) is 0.476. The number of nitrogens with one attached hydrogen (secondary N) is 1. The van der Waals surface area contributed by atoms with Crippen molar-refractivity contribution >= 4 is 23.8 Å². The second-order valence-corrected chi connectivity index (χ2v) is 7.38. The van der Waals surface area contributed by atoms with Gasteiger partial charge in [-0.3, -0.25) is 14.4 Å². The van der Waals surface area contributed by atoms with Crippen LogP contribution in [0.1, 0.15) is 25.3 Å². The number of nitrogens with zero attached hydrogens (tertiary/aromatic N) is 2. The molecule has 3 rings (SSSR count). The molecule has 27 heavy (non-hydrogen) atoms. The molecule has 0 aliphatic carbocycles. The van der Waals surface area contributed by atoms with E-state index in [4.69, 9.17) is 0 Å². The zero-order chi connectivity index (χ0) is 19.2. The van der Waals surface area contributed by atoms with Crippen LogP contribution in [0.4, 0.5) is 0 Å². The van der Waals surface area contributed by atoms with Crippen LogP contribution >= 0.6 is 0 Å². The van der Waals surface area contributed by atoms with Gasteiger partial charge in [-0.1, -0.05) is 30.3 Å². The van der Waals surface area contributed by atoms with Crippen LogP contribution in [-0.2, 0) is 14.4 Å². The summed E-state index contributed by atoms with van der Waals surface area (Å²) in [6, 6.07) is 9.74. The topological polar surface area (TPSA) is 69.7 Å². The minimum Gasteiger partial charge on any atom is -0.355 e. The molecular formula is C21H27N3O3. The van der Waals surface area contributed by atoms with Gasteiger partial charge in [0.15, 0.2) is 0 Å². The molecule has 0 saturated carbocycles. The molecule has 0 aromatic heterocycles. The highest BCUT2D eigenvalue weighted by Crippen LogP contribution is 2.19. The lowest BCUT2D eigenvalue weighted by atomic mass is 9.94. The van der Waals surface area contributed by atoms with Crippen LogP contribution in [0.3, 0.4) is 0 Å². The average Bonchev–Trinajstić information content (AvgIpc) is 2.65. The van der Waals surface area contributed by atoms with E-state index < -0.39 is 0 Å². The number of hydrogen-bond acceptors (Lipinski definition) is 3. The lowest BCUT2D eigenvalue weighted by molar-refractivity contribution is -0.135. The number of hydrogen-bond donors (Lipinski definition) is 1. The Morgan fingerprint density at radius 2 is 1.74 bits per heavy atom. The van der Waals surface area contributed by atoms with E-state index in [-0.39, 0.29) is 23.6 Å². The zero-order valence-electron chi connectivity index (χ0n) is 15.8. The molecule has 2 aliphatic rings. The van der Waals surface area contributed by atoms with Crippen LogP contribution in [0.5, 0.6) is 0 Å². The maximum absolute atomic E-state index is 12.3. The van der Waals surface area contributed by atoms with Gasteiger partial charge < -0.3 is 15.1 Å². The Labute approximate surface area is 160 Å². The SMILES string of the molecule is CC(=O)N1CC(CNC(=O)C2CCN(C(=O)C=Cc3ccccc3)CC2)C1. The van der Waals surface area contributed by atoms with Gasteiger partial charge in [0.25, 0.3) is 0 Å². The summed E-state index contributed by atoms with van der Waals surface area (Å²) >= 11 is 0. The van der Waals surface area contributed by atoms with Crippen molar-refractivity contribution in [1.82, 2.24) is 15.1 Å². The quantitative estimate of drug-likeness (QED) is 0.801. The van der Waals surface area contributed by atoms with Crippen LogP contribution in [0, 0.1) is 11.8 Å². The number of rotatable bonds is 5. The molecular weight excluding hydrogens is 342 g/mol. The first-order chi connectivity index (χ1) is 13.0. The van der Waals surface area contributed by atoms with Crippen molar-refractivity contribution in [3.63, 3.8) is 0 Å². The molecule has 0 atom stereocenters. The number of carbonyl (C=O) groups excluding carboxylic acids is 3. The van der Waals surface area contributed by atoms with E-state index in [2.05, 4.69) is 5.32 Å². The Kier molecular flexibility index (Phi) is 6.27. The highest BCUT2D eigenvalue weighted by molar-refractivity contribution is 5.92. The van der Waals surface area contributed by atoms with Crippen molar-refractivity contribution in [2.75, 3.05) is 32.7 Å². The maximum Gasteiger partial charge on any atom is 0.246 e. The van der Waals surface area contributed by atoms with E-state index in [9.17, 15) is 14.4 Å². The molecule has 6 heteroatoms. The Balaban J connectivity index is 1.37. The summed E-state index contributed by atoms with van der Waals surface area (Å²) in [4.78, 5) is 39.4. The van der Waals surface area contributed by atoms with E-state index in [0.717, 1.165) is 18.7 Å². The van der Waals surface area contributed by atoms with Crippen molar-refractivity contribution in [2.45, 2.75) is 19.8 Å². The number of likely N-dealkylation sites (tertiary alicyclic amines) is 2. The van der Waals surface area contributed by atoms with E-state index in [1.54, 1.807) is 22.8 Å². The normalized spacial score (nSPS) is 18.4. The third-order valence-corrected chi connectivity index (χ3v) is 5.36. The molecule has 6 nitrogen and oxygen atoms in total. The van der Waals surface area contributed by atoms with Crippen molar-refractivity contribution in [3.8, 4) is 0 Å². The van der Waals surface area contributed by atoms with Crippen LogP contribution < -0.4 is 5.32 Å². The van der Waals surface area contributed by atoms with Gasteiger partial charge in [0.05, 0.1) is 0 Å². The van der Waals surface area contributed by atoms with E-state index >= 15 is 0 Å². The third-order valence-electron chi connectivity index (χ3n) is 5.36. The predicted molar refractivity (Wildman–Crippen MR) is 104 cm³/mol. The van der Waals surface area contributed by atoms with Gasteiger partial charge in [0, 0.05) is 57.6 Å². The lowest BCUT2D eigenvalue weighted by Gasteiger charge is -2.39. The summed E-state index contributed by atoms with van der Waals surface area (Å²) in [5.41, 5.74) is 0.999. The summed E-state index contributed by atoms with van der Waals surface area (Å²) in [6.45, 7) is 4.88. The van der Waals surface area contributed by atoms with E-state index in [1.165, 1.54) is 0 Å². The molecule has 3 amide bonds. The molecule has 0 unspecified atom stereocenters. The molecule has 0 radical (unpaired) electrons. The highest BCUT2D eigenvalue weighted by Gasteiger charge is 2.30. The van der Waals surface area contributed by atoms with E-state index in [0.29, 0.717) is 38.4 Å². The van der Waals surface area contributed by atoms with E-state index in [1.807, 2.05) is 36.4 Å².